The topological polar surface area (TPSA) is 162 Å². The lowest BCUT2D eigenvalue weighted by atomic mass is 9.91. The maximum Gasteiger partial charge on any atom is 0.326 e. The van der Waals surface area contributed by atoms with Crippen LogP contribution < -0.4 is 16.4 Å². The Bertz CT molecular complexity index is 896. The Hall–Kier alpha value is -2.63. The van der Waals surface area contributed by atoms with Crippen LogP contribution >= 0.6 is 11.8 Å². The van der Waals surface area contributed by atoms with Crippen LogP contribution in [0.25, 0.3) is 0 Å². The number of nitrogens with one attached hydrogen (secondary N) is 2. The van der Waals surface area contributed by atoms with Crippen molar-refractivity contribution >= 4 is 35.5 Å². The number of hydrogen-bond donors (Lipinski definition) is 5. The van der Waals surface area contributed by atoms with Gasteiger partial charge in [-0.25, -0.2) is 4.79 Å². The van der Waals surface area contributed by atoms with Crippen molar-refractivity contribution in [2.24, 2.45) is 11.7 Å². The van der Waals surface area contributed by atoms with Gasteiger partial charge in [-0.2, -0.15) is 11.8 Å². The van der Waals surface area contributed by atoms with Gasteiger partial charge in [0.2, 0.25) is 17.7 Å². The third kappa shape index (κ3) is 6.94. The molecule has 188 valence electrons. The van der Waals surface area contributed by atoms with Crippen molar-refractivity contribution in [1.29, 1.82) is 0 Å². The number of thioether (sulfide) groups is 1. The molecule has 0 aromatic heterocycles. The number of carboxylic acids is 1. The van der Waals surface area contributed by atoms with Gasteiger partial charge in [-0.1, -0.05) is 38.1 Å². The molecule has 2 rings (SSSR count). The quantitative estimate of drug-likeness (QED) is 0.281. The minimum atomic E-state index is -1.18. The van der Waals surface area contributed by atoms with Gasteiger partial charge in [-0.15, -0.1) is 0 Å². The summed E-state index contributed by atoms with van der Waals surface area (Å²) < 4.78 is 0. The Morgan fingerprint density at radius 1 is 1.18 bits per heavy atom. The first-order valence-corrected chi connectivity index (χ1v) is 12.6. The van der Waals surface area contributed by atoms with E-state index >= 15 is 0 Å². The standard InChI is InChI=1S/C23H34N4O6S/c1-13(2)19(26-20(29)16(24)12-28)22(31)27-11-15-7-5-4-6-14(15)10-18(27)21(30)25-17(23(32)33)8-9-34-3/h4-7,13,16-19,28H,8-12,24H2,1-3H3,(H,25,30)(H,26,29)(H,32,33)/t16-,17+,18?,19-/m0/s1. The highest BCUT2D eigenvalue weighted by Gasteiger charge is 2.40. The molecule has 0 saturated carbocycles. The molecule has 1 aliphatic heterocycles. The van der Waals surface area contributed by atoms with Crippen LogP contribution in [0.5, 0.6) is 0 Å². The second-order valence-corrected chi connectivity index (χ2v) is 9.64. The van der Waals surface area contributed by atoms with Crippen molar-refractivity contribution in [1.82, 2.24) is 15.5 Å². The summed E-state index contributed by atoms with van der Waals surface area (Å²) in [6, 6.07) is 3.26. The van der Waals surface area contributed by atoms with Crippen molar-refractivity contribution < 1.29 is 29.4 Å². The van der Waals surface area contributed by atoms with E-state index in [9.17, 15) is 29.4 Å². The number of carboxylic acid groups (broad SMARTS) is 1. The lowest BCUT2D eigenvalue weighted by molar-refractivity contribution is -0.147. The molecule has 3 amide bonds. The molecule has 0 aliphatic carbocycles. The van der Waals surface area contributed by atoms with Crippen LogP contribution in [0.1, 0.15) is 31.4 Å². The fraction of sp³-hybridized carbons (Fsp3) is 0.565. The lowest BCUT2D eigenvalue weighted by Crippen LogP contribution is -2.61. The molecule has 0 saturated heterocycles. The normalized spacial score (nSPS) is 17.9. The summed E-state index contributed by atoms with van der Waals surface area (Å²) in [5, 5.41) is 23.9. The van der Waals surface area contributed by atoms with Crippen molar-refractivity contribution in [3.05, 3.63) is 35.4 Å². The molecule has 34 heavy (non-hydrogen) atoms. The first-order valence-electron chi connectivity index (χ1n) is 11.2. The highest BCUT2D eigenvalue weighted by molar-refractivity contribution is 7.98. The van der Waals surface area contributed by atoms with E-state index in [2.05, 4.69) is 10.6 Å². The Balaban J connectivity index is 2.34. The number of nitrogens with two attached hydrogens (primary N) is 1. The van der Waals surface area contributed by atoms with Crippen LogP contribution in [-0.2, 0) is 32.1 Å². The van der Waals surface area contributed by atoms with Crippen LogP contribution in [0, 0.1) is 5.92 Å². The number of fused-ring (bicyclic) bond motifs is 1. The zero-order chi connectivity index (χ0) is 25.4. The maximum absolute atomic E-state index is 13.6. The van der Waals surface area contributed by atoms with Crippen LogP contribution in [0.2, 0.25) is 0 Å². The van der Waals surface area contributed by atoms with Crippen LogP contribution in [0.15, 0.2) is 24.3 Å². The summed E-state index contributed by atoms with van der Waals surface area (Å²) in [6.45, 7) is 3.08. The number of amides is 3. The summed E-state index contributed by atoms with van der Waals surface area (Å²) in [4.78, 5) is 52.2. The highest BCUT2D eigenvalue weighted by atomic mass is 32.2. The third-order valence-corrected chi connectivity index (χ3v) is 6.47. The van der Waals surface area contributed by atoms with Gasteiger partial charge in [-0.3, -0.25) is 14.4 Å². The molecule has 0 fully saturated rings. The van der Waals surface area contributed by atoms with Crippen LogP contribution in [-0.4, -0.2) is 81.6 Å². The van der Waals surface area contributed by atoms with Gasteiger partial charge in [0.15, 0.2) is 0 Å². The van der Waals surface area contributed by atoms with Crippen molar-refractivity contribution in [3.8, 4) is 0 Å². The summed E-state index contributed by atoms with van der Waals surface area (Å²) in [5.74, 6) is -2.61. The maximum atomic E-state index is 13.6. The minimum Gasteiger partial charge on any atom is -0.480 e. The van der Waals surface area contributed by atoms with Gasteiger partial charge in [-0.05, 0) is 35.5 Å². The van der Waals surface area contributed by atoms with Gasteiger partial charge in [0.25, 0.3) is 0 Å². The predicted octanol–water partition coefficient (Wildman–Crippen LogP) is -0.277. The van der Waals surface area contributed by atoms with E-state index in [-0.39, 0.29) is 25.3 Å². The van der Waals surface area contributed by atoms with E-state index in [1.807, 2.05) is 30.5 Å². The van der Waals surface area contributed by atoms with Gasteiger partial charge in [0.05, 0.1) is 6.61 Å². The third-order valence-electron chi connectivity index (χ3n) is 5.82. The Morgan fingerprint density at radius 2 is 1.82 bits per heavy atom. The van der Waals surface area contributed by atoms with Crippen molar-refractivity contribution in [3.63, 3.8) is 0 Å². The number of rotatable bonds is 11. The van der Waals surface area contributed by atoms with Gasteiger partial charge in [0.1, 0.15) is 24.2 Å². The number of carbonyl (C=O) groups excluding carboxylic acids is 3. The molecule has 1 heterocycles. The van der Waals surface area contributed by atoms with E-state index in [1.165, 1.54) is 16.7 Å². The monoisotopic (exact) mass is 494 g/mol. The van der Waals surface area contributed by atoms with Gasteiger partial charge < -0.3 is 31.5 Å². The second kappa shape index (κ2) is 12.7. The van der Waals surface area contributed by atoms with E-state index in [0.717, 1.165) is 11.1 Å². The number of carbonyl (C=O) groups is 4. The molecule has 4 atom stereocenters. The Morgan fingerprint density at radius 3 is 2.38 bits per heavy atom. The highest BCUT2D eigenvalue weighted by Crippen LogP contribution is 2.25. The Labute approximate surface area is 203 Å². The van der Waals surface area contributed by atoms with Crippen LogP contribution in [0.4, 0.5) is 0 Å². The molecular formula is C23H34N4O6S. The largest absolute Gasteiger partial charge is 0.480 e. The average molecular weight is 495 g/mol. The zero-order valence-corrected chi connectivity index (χ0v) is 20.5. The molecule has 11 heteroatoms. The summed E-state index contributed by atoms with van der Waals surface area (Å²) in [6.07, 6.45) is 2.32. The number of nitrogens with zero attached hydrogens (tertiary/aromatic N) is 1. The van der Waals surface area contributed by atoms with E-state index in [0.29, 0.717) is 5.75 Å². The number of aliphatic hydroxyl groups excluding tert-OH is 1. The molecule has 0 bridgehead atoms. The first-order chi connectivity index (χ1) is 16.1. The first kappa shape index (κ1) is 27.6. The molecule has 0 spiro atoms. The van der Waals surface area contributed by atoms with Gasteiger partial charge >= 0.3 is 5.97 Å². The van der Waals surface area contributed by atoms with E-state index in [1.54, 1.807) is 13.8 Å². The number of aliphatic hydroxyl groups is 1. The predicted molar refractivity (Wildman–Crippen MR) is 129 cm³/mol. The smallest absolute Gasteiger partial charge is 0.326 e. The summed E-state index contributed by atoms with van der Waals surface area (Å²) in [5.41, 5.74) is 7.37. The molecular weight excluding hydrogens is 460 g/mol. The van der Waals surface area contributed by atoms with Crippen LogP contribution in [0.3, 0.4) is 0 Å². The summed E-state index contributed by atoms with van der Waals surface area (Å²) >= 11 is 1.48. The fourth-order valence-electron chi connectivity index (χ4n) is 3.79. The minimum absolute atomic E-state index is 0.140. The lowest BCUT2D eigenvalue weighted by Gasteiger charge is -2.39. The van der Waals surface area contributed by atoms with Gasteiger partial charge in [0, 0.05) is 13.0 Å². The van der Waals surface area contributed by atoms with E-state index in [4.69, 9.17) is 5.73 Å². The second-order valence-electron chi connectivity index (χ2n) is 8.66. The average Bonchev–Trinajstić information content (AvgIpc) is 2.82. The van der Waals surface area contributed by atoms with Crippen molar-refractivity contribution in [2.45, 2.75) is 57.4 Å². The molecule has 1 unspecified atom stereocenters. The fourth-order valence-corrected chi connectivity index (χ4v) is 4.26. The number of aliphatic carboxylic acids is 1. The van der Waals surface area contributed by atoms with E-state index < -0.39 is 54.5 Å². The molecule has 10 nitrogen and oxygen atoms in total. The van der Waals surface area contributed by atoms with Crippen molar-refractivity contribution in [2.75, 3.05) is 18.6 Å². The zero-order valence-electron chi connectivity index (χ0n) is 19.7. The Kier molecular flexibility index (Phi) is 10.3. The number of benzene rings is 1. The summed E-state index contributed by atoms with van der Waals surface area (Å²) in [7, 11) is 0. The molecule has 0 radical (unpaired) electrons. The molecule has 1 aliphatic rings. The number of hydrogen-bond acceptors (Lipinski definition) is 7. The molecule has 1 aromatic carbocycles. The molecule has 1 aromatic rings. The molecule has 6 N–H and O–H groups in total. The SMILES string of the molecule is CSCC[C@@H](NC(=O)C1Cc2ccccc2CN1C(=O)[C@@H](NC(=O)[C@@H](N)CO)C(C)C)C(=O)O.